The molecule has 1 aromatic heterocycles. The van der Waals surface area contributed by atoms with E-state index in [1.165, 1.54) is 0 Å². The second kappa shape index (κ2) is 3.78. The van der Waals surface area contributed by atoms with Gasteiger partial charge in [0.2, 0.25) is 11.8 Å². The average Bonchev–Trinajstić information content (AvgIpc) is 2.47. The van der Waals surface area contributed by atoms with Gasteiger partial charge in [-0.2, -0.15) is 0 Å². The van der Waals surface area contributed by atoms with Gasteiger partial charge in [0.1, 0.15) is 0 Å². The normalized spacial score (nSPS) is 21.1. The number of imide groups is 1. The Hall–Kier alpha value is -1.75. The van der Waals surface area contributed by atoms with E-state index < -0.39 is 6.04 Å². The molecule has 1 aromatic rings. The van der Waals surface area contributed by atoms with Gasteiger partial charge >= 0.3 is 0 Å². The Balaban J connectivity index is 2.13. The molecule has 0 unspecified atom stereocenters. The number of carbonyl (C=O) groups excluding carboxylic acids is 2. The van der Waals surface area contributed by atoms with Crippen molar-refractivity contribution in [3.63, 3.8) is 0 Å². The molecular formula is C10H11N3O2. The monoisotopic (exact) mass is 205 g/mol. The van der Waals surface area contributed by atoms with Crippen molar-refractivity contribution < 1.29 is 9.59 Å². The molecule has 2 rings (SSSR count). The van der Waals surface area contributed by atoms with Gasteiger partial charge in [0.25, 0.3) is 0 Å². The standard InChI is InChI=1S/C10H11N3O2/c11-8-5-9(14)13(10(8)15)6-7-3-1-2-4-12-7/h1-4,8H,5-6,11H2/t8-/m0/s1. The van der Waals surface area contributed by atoms with Crippen LogP contribution >= 0.6 is 0 Å². The van der Waals surface area contributed by atoms with Crippen molar-refractivity contribution in [1.29, 1.82) is 0 Å². The first-order valence-corrected chi connectivity index (χ1v) is 4.68. The van der Waals surface area contributed by atoms with Crippen LogP contribution in [0.4, 0.5) is 0 Å². The van der Waals surface area contributed by atoms with Crippen LogP contribution in [0, 0.1) is 0 Å². The predicted molar refractivity (Wildman–Crippen MR) is 52.4 cm³/mol. The molecule has 15 heavy (non-hydrogen) atoms. The highest BCUT2D eigenvalue weighted by Crippen LogP contribution is 2.13. The van der Waals surface area contributed by atoms with Crippen molar-refractivity contribution >= 4 is 11.8 Å². The summed E-state index contributed by atoms with van der Waals surface area (Å²) < 4.78 is 0. The molecule has 0 aliphatic carbocycles. The fourth-order valence-electron chi connectivity index (χ4n) is 1.53. The van der Waals surface area contributed by atoms with Crippen molar-refractivity contribution in [2.45, 2.75) is 19.0 Å². The topological polar surface area (TPSA) is 76.3 Å². The van der Waals surface area contributed by atoms with E-state index in [2.05, 4.69) is 4.98 Å². The summed E-state index contributed by atoms with van der Waals surface area (Å²) in [6.45, 7) is 0.214. The molecule has 5 heteroatoms. The minimum atomic E-state index is -0.679. The number of nitrogens with zero attached hydrogens (tertiary/aromatic N) is 2. The Bertz CT molecular complexity index is 391. The van der Waals surface area contributed by atoms with Gasteiger partial charge in [-0.25, -0.2) is 0 Å². The van der Waals surface area contributed by atoms with E-state index in [1.54, 1.807) is 18.3 Å². The van der Waals surface area contributed by atoms with E-state index in [1.807, 2.05) is 6.07 Å². The Morgan fingerprint density at radius 2 is 2.27 bits per heavy atom. The number of pyridine rings is 1. The largest absolute Gasteiger partial charge is 0.319 e. The summed E-state index contributed by atoms with van der Waals surface area (Å²) in [5.74, 6) is -0.538. The maximum absolute atomic E-state index is 11.5. The van der Waals surface area contributed by atoms with Crippen LogP contribution < -0.4 is 5.73 Å². The molecule has 0 saturated carbocycles. The highest BCUT2D eigenvalue weighted by molar-refractivity contribution is 6.05. The zero-order chi connectivity index (χ0) is 10.8. The van der Waals surface area contributed by atoms with Crippen LogP contribution in [0.15, 0.2) is 24.4 Å². The fourth-order valence-corrected chi connectivity index (χ4v) is 1.53. The van der Waals surface area contributed by atoms with Gasteiger partial charge in [-0.05, 0) is 12.1 Å². The summed E-state index contributed by atoms with van der Waals surface area (Å²) in [6, 6.07) is 4.68. The summed E-state index contributed by atoms with van der Waals surface area (Å²) in [4.78, 5) is 28.1. The number of amides is 2. The smallest absolute Gasteiger partial charge is 0.246 e. The molecule has 2 N–H and O–H groups in total. The second-order valence-corrected chi connectivity index (χ2v) is 3.45. The van der Waals surface area contributed by atoms with Crippen LogP contribution in [0.1, 0.15) is 12.1 Å². The summed E-state index contributed by atoms with van der Waals surface area (Å²) in [7, 11) is 0. The minimum Gasteiger partial charge on any atom is -0.319 e. The van der Waals surface area contributed by atoms with Crippen molar-refractivity contribution in [2.24, 2.45) is 5.73 Å². The van der Waals surface area contributed by atoms with Gasteiger partial charge in [-0.15, -0.1) is 0 Å². The van der Waals surface area contributed by atoms with E-state index in [0.29, 0.717) is 5.69 Å². The molecule has 1 atom stereocenters. The zero-order valence-electron chi connectivity index (χ0n) is 8.09. The van der Waals surface area contributed by atoms with Crippen molar-refractivity contribution in [2.75, 3.05) is 0 Å². The lowest BCUT2D eigenvalue weighted by Crippen LogP contribution is -2.35. The van der Waals surface area contributed by atoms with Gasteiger partial charge in [0.05, 0.1) is 24.7 Å². The van der Waals surface area contributed by atoms with Gasteiger partial charge in [0, 0.05) is 6.20 Å². The van der Waals surface area contributed by atoms with Gasteiger partial charge in [-0.1, -0.05) is 6.07 Å². The third kappa shape index (κ3) is 1.87. The number of aromatic nitrogens is 1. The maximum atomic E-state index is 11.5. The first kappa shape index (κ1) is 9.79. The van der Waals surface area contributed by atoms with Gasteiger partial charge in [0.15, 0.2) is 0 Å². The van der Waals surface area contributed by atoms with Crippen LogP contribution in [0.2, 0.25) is 0 Å². The lowest BCUT2D eigenvalue weighted by molar-refractivity contribution is -0.139. The first-order chi connectivity index (χ1) is 7.18. The molecule has 1 aliphatic heterocycles. The number of likely N-dealkylation sites (tertiary alicyclic amines) is 1. The molecular weight excluding hydrogens is 194 g/mol. The summed E-state index contributed by atoms with van der Waals surface area (Å²) in [5, 5.41) is 0. The van der Waals surface area contributed by atoms with Crippen molar-refractivity contribution in [3.8, 4) is 0 Å². The molecule has 0 aromatic carbocycles. The Kier molecular flexibility index (Phi) is 2.47. The second-order valence-electron chi connectivity index (χ2n) is 3.45. The molecule has 1 fully saturated rings. The quantitative estimate of drug-likeness (QED) is 0.670. The maximum Gasteiger partial charge on any atom is 0.246 e. The van der Waals surface area contributed by atoms with E-state index in [4.69, 9.17) is 5.73 Å². The number of nitrogens with two attached hydrogens (primary N) is 1. The lowest BCUT2D eigenvalue weighted by atomic mass is 10.3. The van der Waals surface area contributed by atoms with Crippen molar-refractivity contribution in [3.05, 3.63) is 30.1 Å². The van der Waals surface area contributed by atoms with Gasteiger partial charge < -0.3 is 5.73 Å². The van der Waals surface area contributed by atoms with Crippen LogP contribution in [-0.2, 0) is 16.1 Å². The van der Waals surface area contributed by atoms with E-state index in [9.17, 15) is 9.59 Å². The summed E-state index contributed by atoms with van der Waals surface area (Å²) in [6.07, 6.45) is 1.73. The molecule has 0 spiro atoms. The highest BCUT2D eigenvalue weighted by atomic mass is 16.2. The number of rotatable bonds is 2. The molecule has 0 bridgehead atoms. The number of hydrogen-bond donors (Lipinski definition) is 1. The Labute approximate surface area is 86.9 Å². The predicted octanol–water partition coefficient (Wildman–Crippen LogP) is -0.332. The van der Waals surface area contributed by atoms with E-state index in [-0.39, 0.29) is 24.8 Å². The molecule has 1 aliphatic rings. The number of hydrogen-bond acceptors (Lipinski definition) is 4. The fraction of sp³-hybridized carbons (Fsp3) is 0.300. The molecule has 0 radical (unpaired) electrons. The summed E-state index contributed by atoms with van der Waals surface area (Å²) >= 11 is 0. The van der Waals surface area contributed by atoms with Crippen LogP contribution in [0.3, 0.4) is 0 Å². The zero-order valence-corrected chi connectivity index (χ0v) is 8.09. The van der Waals surface area contributed by atoms with Gasteiger partial charge in [-0.3, -0.25) is 19.5 Å². The molecule has 2 amide bonds. The molecule has 1 saturated heterocycles. The third-order valence-electron chi connectivity index (χ3n) is 2.33. The van der Waals surface area contributed by atoms with E-state index in [0.717, 1.165) is 4.90 Å². The van der Waals surface area contributed by atoms with Crippen LogP contribution in [0.5, 0.6) is 0 Å². The molecule has 2 heterocycles. The molecule has 78 valence electrons. The SMILES string of the molecule is N[C@H]1CC(=O)N(Cc2ccccn2)C1=O. The Morgan fingerprint density at radius 3 is 2.80 bits per heavy atom. The third-order valence-corrected chi connectivity index (χ3v) is 2.33. The average molecular weight is 205 g/mol. The van der Waals surface area contributed by atoms with Crippen LogP contribution in [0.25, 0.3) is 0 Å². The lowest BCUT2D eigenvalue weighted by Gasteiger charge is -2.12. The van der Waals surface area contributed by atoms with Crippen molar-refractivity contribution in [1.82, 2.24) is 9.88 Å². The van der Waals surface area contributed by atoms with E-state index >= 15 is 0 Å². The summed E-state index contributed by atoms with van der Waals surface area (Å²) in [5.41, 5.74) is 6.17. The minimum absolute atomic E-state index is 0.103. The molecule has 5 nitrogen and oxygen atoms in total. The van der Waals surface area contributed by atoms with Crippen LogP contribution in [-0.4, -0.2) is 27.7 Å². The first-order valence-electron chi connectivity index (χ1n) is 4.68. The highest BCUT2D eigenvalue weighted by Gasteiger charge is 2.36. The number of carbonyl (C=O) groups is 2. The Morgan fingerprint density at radius 1 is 1.47 bits per heavy atom.